The zero-order chi connectivity index (χ0) is 25.6. The van der Waals surface area contributed by atoms with Gasteiger partial charge >= 0.3 is 0 Å². The number of ether oxygens (including phenoxy) is 1. The summed E-state index contributed by atoms with van der Waals surface area (Å²) < 4.78 is 60.5. The third kappa shape index (κ3) is 6.95. The van der Waals surface area contributed by atoms with Crippen LogP contribution in [0.1, 0.15) is 25.3 Å². The minimum atomic E-state index is -3.93. The van der Waals surface area contributed by atoms with Crippen molar-refractivity contribution < 1.29 is 26.4 Å². The average molecular weight is 544 g/mol. The molecule has 0 aliphatic carbocycles. The highest BCUT2D eigenvalue weighted by Crippen LogP contribution is 2.32. The van der Waals surface area contributed by atoms with E-state index in [0.29, 0.717) is 19.4 Å². The van der Waals surface area contributed by atoms with Crippen LogP contribution < -0.4 is 14.8 Å². The Hall–Kier alpha value is -2.18. The number of hydrogen-bond acceptors (Lipinski definition) is 6. The Bertz CT molecular complexity index is 1250. The molecular weight excluding hydrogens is 514 g/mol. The summed E-state index contributed by atoms with van der Waals surface area (Å²) in [6, 6.07) is 10.9. The fraction of sp³-hybridized carbons (Fsp3) is 0.435. The lowest BCUT2D eigenvalue weighted by atomic mass is 9.99. The van der Waals surface area contributed by atoms with Crippen molar-refractivity contribution in [3.8, 4) is 5.75 Å². The first-order chi connectivity index (χ1) is 16.5. The van der Waals surface area contributed by atoms with Gasteiger partial charge in [0.25, 0.3) is 0 Å². The van der Waals surface area contributed by atoms with Crippen molar-refractivity contribution in [1.82, 2.24) is 14.3 Å². The number of nitrogens with one attached hydrogen (secondary N) is 2. The van der Waals surface area contributed by atoms with Crippen molar-refractivity contribution in [2.24, 2.45) is 5.92 Å². The fourth-order valence-corrected chi connectivity index (χ4v) is 6.74. The fourth-order valence-electron chi connectivity index (χ4n) is 3.79. The summed E-state index contributed by atoms with van der Waals surface area (Å²) in [4.78, 5) is 12.8. The van der Waals surface area contributed by atoms with Crippen LogP contribution in [-0.4, -0.2) is 59.8 Å². The number of sulfonamides is 2. The van der Waals surface area contributed by atoms with Gasteiger partial charge in [-0.3, -0.25) is 4.79 Å². The van der Waals surface area contributed by atoms with Crippen molar-refractivity contribution in [2.75, 3.05) is 32.8 Å². The van der Waals surface area contributed by atoms with E-state index in [1.165, 1.54) is 28.6 Å². The topological polar surface area (TPSA) is 122 Å². The van der Waals surface area contributed by atoms with Crippen molar-refractivity contribution in [3.63, 3.8) is 0 Å². The van der Waals surface area contributed by atoms with E-state index in [1.807, 2.05) is 6.92 Å². The lowest BCUT2D eigenvalue weighted by molar-refractivity contribution is -0.126. The highest BCUT2D eigenvalue weighted by atomic mass is 35.5. The zero-order valence-electron chi connectivity index (χ0n) is 19.7. The molecule has 2 aromatic carbocycles. The van der Waals surface area contributed by atoms with Gasteiger partial charge in [0, 0.05) is 31.2 Å². The van der Waals surface area contributed by atoms with Gasteiger partial charge in [0.2, 0.25) is 26.0 Å². The summed E-state index contributed by atoms with van der Waals surface area (Å²) in [5.74, 6) is -0.665. The number of aryl methyl sites for hydroxylation is 1. The van der Waals surface area contributed by atoms with Crippen LogP contribution in [0.4, 0.5) is 0 Å². The molecule has 0 spiro atoms. The minimum Gasteiger partial charge on any atom is -0.492 e. The second-order valence-corrected chi connectivity index (χ2v) is 12.3. The van der Waals surface area contributed by atoms with E-state index in [9.17, 15) is 21.6 Å². The lowest BCUT2D eigenvalue weighted by Gasteiger charge is -2.31. The lowest BCUT2D eigenvalue weighted by Crippen LogP contribution is -2.46. The van der Waals surface area contributed by atoms with Crippen molar-refractivity contribution in [3.05, 3.63) is 53.1 Å². The van der Waals surface area contributed by atoms with Gasteiger partial charge in [-0.2, -0.15) is 4.31 Å². The summed E-state index contributed by atoms with van der Waals surface area (Å²) in [7, 11) is -7.61. The Kier molecular flexibility index (Phi) is 9.16. The molecule has 1 saturated heterocycles. The van der Waals surface area contributed by atoms with Gasteiger partial charge in [0.05, 0.1) is 17.4 Å². The van der Waals surface area contributed by atoms with Gasteiger partial charge in [0.1, 0.15) is 10.6 Å². The molecule has 12 heteroatoms. The van der Waals surface area contributed by atoms with Gasteiger partial charge < -0.3 is 10.1 Å². The van der Waals surface area contributed by atoms with Crippen LogP contribution in [0.25, 0.3) is 0 Å². The van der Waals surface area contributed by atoms with Crippen LogP contribution in [-0.2, 0) is 24.8 Å². The summed E-state index contributed by atoms with van der Waals surface area (Å²) >= 11 is 6.04. The zero-order valence-corrected chi connectivity index (χ0v) is 22.0. The first kappa shape index (κ1) is 27.4. The molecule has 1 aliphatic rings. The predicted octanol–water partition coefficient (Wildman–Crippen LogP) is 2.54. The van der Waals surface area contributed by atoms with Gasteiger partial charge in [-0.1, -0.05) is 29.3 Å². The van der Waals surface area contributed by atoms with Crippen molar-refractivity contribution in [1.29, 1.82) is 0 Å². The smallest absolute Gasteiger partial charge is 0.246 e. The predicted molar refractivity (Wildman–Crippen MR) is 133 cm³/mol. The van der Waals surface area contributed by atoms with Gasteiger partial charge in [-0.05, 0) is 57.0 Å². The Morgan fingerprint density at radius 3 is 2.51 bits per heavy atom. The number of carbonyl (C=O) groups excluding carboxylic acids is 1. The Morgan fingerprint density at radius 2 is 1.83 bits per heavy atom. The molecule has 0 aromatic heterocycles. The molecule has 1 fully saturated rings. The second kappa shape index (κ2) is 11.7. The maximum absolute atomic E-state index is 13.3. The highest BCUT2D eigenvalue weighted by Gasteiger charge is 2.35. The third-order valence-corrected chi connectivity index (χ3v) is 9.22. The maximum Gasteiger partial charge on any atom is 0.246 e. The quantitative estimate of drug-likeness (QED) is 0.444. The van der Waals surface area contributed by atoms with Crippen molar-refractivity contribution in [2.45, 2.75) is 36.5 Å². The largest absolute Gasteiger partial charge is 0.492 e. The molecule has 9 nitrogen and oxygen atoms in total. The first-order valence-corrected chi connectivity index (χ1v) is 14.6. The van der Waals surface area contributed by atoms with Crippen LogP contribution in [0.2, 0.25) is 5.02 Å². The van der Waals surface area contributed by atoms with Gasteiger partial charge in [-0.15, -0.1) is 0 Å². The number of halogens is 1. The molecule has 3 rings (SSSR count). The molecular formula is C23H30ClN3O6S2. The molecule has 0 bridgehead atoms. The number of hydrogen-bond donors (Lipinski definition) is 2. The van der Waals surface area contributed by atoms with Crippen LogP contribution in [0.3, 0.4) is 0 Å². The van der Waals surface area contributed by atoms with E-state index in [2.05, 4.69) is 10.0 Å². The minimum absolute atomic E-state index is 0.0108. The number of piperidine rings is 1. The summed E-state index contributed by atoms with van der Waals surface area (Å²) in [6.07, 6.45) is 1.04. The van der Waals surface area contributed by atoms with Gasteiger partial charge in [0.15, 0.2) is 0 Å². The standard InChI is InChI=1S/C23H30ClN3O6S2/c1-3-33-21-11-8-19(24)15-22(21)35(31,32)27-14-4-5-18(16-27)23(28)25-12-13-26-34(29,30)20-9-6-17(2)7-10-20/h6-11,15,18,26H,3-5,12-14,16H2,1-2H3,(H,25,28). The van der Waals surface area contributed by atoms with E-state index < -0.39 is 26.0 Å². The number of rotatable bonds is 10. The summed E-state index contributed by atoms with van der Waals surface area (Å²) in [6.45, 7) is 4.30. The Labute approximate surface area is 211 Å². The Balaban J connectivity index is 1.58. The third-order valence-electron chi connectivity index (χ3n) is 5.63. The molecule has 1 unspecified atom stereocenters. The molecule has 0 saturated carbocycles. The normalized spacial score (nSPS) is 17.2. The molecule has 1 aliphatic heterocycles. The van der Waals surface area contributed by atoms with Crippen LogP contribution in [0.15, 0.2) is 52.3 Å². The van der Waals surface area contributed by atoms with E-state index in [4.69, 9.17) is 16.3 Å². The molecule has 192 valence electrons. The van der Waals surface area contributed by atoms with E-state index >= 15 is 0 Å². The van der Waals surface area contributed by atoms with Crippen molar-refractivity contribution >= 4 is 37.6 Å². The highest BCUT2D eigenvalue weighted by molar-refractivity contribution is 7.89. The molecule has 1 atom stereocenters. The monoisotopic (exact) mass is 543 g/mol. The van der Waals surface area contributed by atoms with Crippen LogP contribution in [0.5, 0.6) is 5.75 Å². The van der Waals surface area contributed by atoms with Crippen LogP contribution in [0, 0.1) is 12.8 Å². The van der Waals surface area contributed by atoms with Gasteiger partial charge in [-0.25, -0.2) is 21.6 Å². The SMILES string of the molecule is CCOc1ccc(Cl)cc1S(=O)(=O)N1CCCC(C(=O)NCCNS(=O)(=O)c2ccc(C)cc2)C1. The molecule has 1 amide bonds. The molecule has 1 heterocycles. The molecule has 2 aromatic rings. The van der Waals surface area contributed by atoms with E-state index in [0.717, 1.165) is 5.56 Å². The Morgan fingerprint density at radius 1 is 1.11 bits per heavy atom. The maximum atomic E-state index is 13.3. The number of amides is 1. The number of carbonyl (C=O) groups is 1. The van der Waals surface area contributed by atoms with Crippen LogP contribution >= 0.6 is 11.6 Å². The second-order valence-electron chi connectivity index (χ2n) is 8.23. The molecule has 0 radical (unpaired) electrons. The number of nitrogens with zero attached hydrogens (tertiary/aromatic N) is 1. The molecule has 35 heavy (non-hydrogen) atoms. The summed E-state index contributed by atoms with van der Waals surface area (Å²) in [5.41, 5.74) is 0.948. The van der Waals surface area contributed by atoms with E-state index in [1.54, 1.807) is 25.1 Å². The average Bonchev–Trinajstić information content (AvgIpc) is 2.83. The van der Waals surface area contributed by atoms with E-state index in [-0.39, 0.29) is 52.6 Å². The summed E-state index contributed by atoms with van der Waals surface area (Å²) in [5, 5.41) is 2.97. The first-order valence-electron chi connectivity index (χ1n) is 11.3. The molecule has 2 N–H and O–H groups in total. The number of benzene rings is 2.